The molecule has 5 aromatic rings. The van der Waals surface area contributed by atoms with Gasteiger partial charge in [-0.15, -0.1) is 0 Å². The quantitative estimate of drug-likeness (QED) is 0.394. The molecule has 35 heavy (non-hydrogen) atoms. The van der Waals surface area contributed by atoms with Crippen LogP contribution in [-0.2, 0) is 6.42 Å². The van der Waals surface area contributed by atoms with Gasteiger partial charge in [-0.2, -0.15) is 4.98 Å². The summed E-state index contributed by atoms with van der Waals surface area (Å²) >= 11 is 1.53. The van der Waals surface area contributed by atoms with E-state index in [-0.39, 0.29) is 11.5 Å². The summed E-state index contributed by atoms with van der Waals surface area (Å²) in [7, 11) is 0. The van der Waals surface area contributed by atoms with Crippen LogP contribution in [0, 0.1) is 5.41 Å². The Morgan fingerprint density at radius 3 is 2.74 bits per heavy atom. The normalized spacial score (nSPS) is 19.0. The van der Waals surface area contributed by atoms with Crippen molar-refractivity contribution in [3.05, 3.63) is 72.2 Å². The van der Waals surface area contributed by atoms with Gasteiger partial charge in [0.05, 0.1) is 11.7 Å². The van der Waals surface area contributed by atoms with Crippen molar-refractivity contribution in [3.63, 3.8) is 0 Å². The molecular weight excluding hydrogens is 456 g/mol. The second-order valence-corrected chi connectivity index (χ2v) is 10.5. The summed E-state index contributed by atoms with van der Waals surface area (Å²) in [5.41, 5.74) is 12.7. The number of imidazole rings is 1. The maximum atomic E-state index is 6.74. The van der Waals surface area contributed by atoms with Crippen molar-refractivity contribution in [2.45, 2.75) is 35.2 Å². The molecule has 1 aliphatic carbocycles. The van der Waals surface area contributed by atoms with Gasteiger partial charge in [-0.05, 0) is 54.0 Å². The first-order chi connectivity index (χ1) is 17.2. The van der Waals surface area contributed by atoms with Gasteiger partial charge >= 0.3 is 0 Å². The van der Waals surface area contributed by atoms with E-state index < -0.39 is 0 Å². The summed E-state index contributed by atoms with van der Waals surface area (Å²) in [6.07, 6.45) is 8.51. The van der Waals surface area contributed by atoms with Gasteiger partial charge in [-0.1, -0.05) is 36.0 Å². The Morgan fingerprint density at radius 1 is 0.971 bits per heavy atom. The molecule has 1 aliphatic heterocycles. The Labute approximate surface area is 206 Å². The Bertz CT molecular complexity index is 1550. The smallest absolute Gasteiger partial charge is 0.206 e. The number of piperidine rings is 1. The van der Waals surface area contributed by atoms with E-state index in [0.29, 0.717) is 11.3 Å². The van der Waals surface area contributed by atoms with Crippen LogP contribution in [0.25, 0.3) is 22.3 Å². The molecule has 1 saturated heterocycles. The molecule has 1 aromatic carbocycles. The Morgan fingerprint density at radius 2 is 1.86 bits per heavy atom. The predicted octanol–water partition coefficient (Wildman–Crippen LogP) is 4.29. The highest BCUT2D eigenvalue weighted by atomic mass is 32.2. The summed E-state index contributed by atoms with van der Waals surface area (Å²) in [4.78, 5) is 29.7. The Balaban J connectivity index is 1.11. The number of fused-ring (bicyclic) bond motifs is 3. The lowest BCUT2D eigenvalue weighted by Gasteiger charge is -2.42. The summed E-state index contributed by atoms with van der Waals surface area (Å²) < 4.78 is 0. The van der Waals surface area contributed by atoms with E-state index in [1.165, 1.54) is 22.9 Å². The zero-order valence-electron chi connectivity index (χ0n) is 19.1. The van der Waals surface area contributed by atoms with Gasteiger partial charge < -0.3 is 15.6 Å². The molecule has 1 atom stereocenters. The Kier molecular flexibility index (Phi) is 4.75. The summed E-state index contributed by atoms with van der Waals surface area (Å²) in [5.74, 6) is 0.831. The summed E-state index contributed by atoms with van der Waals surface area (Å²) in [5, 5.41) is 0.790. The lowest BCUT2D eigenvalue weighted by atomic mass is 9.73. The van der Waals surface area contributed by atoms with Crippen LogP contribution in [0.2, 0.25) is 0 Å². The third-order valence-corrected chi connectivity index (χ3v) is 8.45. The molecule has 1 fully saturated rings. The van der Waals surface area contributed by atoms with Crippen molar-refractivity contribution < 1.29 is 0 Å². The second-order valence-electron chi connectivity index (χ2n) is 9.43. The highest BCUT2D eigenvalue weighted by Crippen LogP contribution is 2.50. The number of rotatable bonds is 3. The number of hydrogen-bond donors (Lipinski definition) is 2. The highest BCUT2D eigenvalue weighted by molar-refractivity contribution is 7.99. The molecule has 2 aliphatic rings. The topological polar surface area (TPSA) is 110 Å². The number of aromatic amines is 1. The van der Waals surface area contributed by atoms with E-state index in [0.717, 1.165) is 59.3 Å². The van der Waals surface area contributed by atoms with Crippen LogP contribution in [0.4, 0.5) is 5.95 Å². The van der Waals surface area contributed by atoms with Crippen molar-refractivity contribution in [2.24, 2.45) is 11.1 Å². The number of nitrogens with two attached hydrogens (primary N) is 1. The van der Waals surface area contributed by atoms with Crippen molar-refractivity contribution >= 4 is 40.0 Å². The van der Waals surface area contributed by atoms with Crippen molar-refractivity contribution in [2.75, 3.05) is 18.0 Å². The SMILES string of the molecule is N[C@@H]1c2ccccc2CC12CCN(c1nc3ncc(Sc4ccnc5cccnc45)nc3[nH]1)CC2. The van der Waals surface area contributed by atoms with E-state index in [1.54, 1.807) is 18.6 Å². The molecule has 0 unspecified atom stereocenters. The standard InChI is InChI=1S/C26H24N8S/c27-22-17-5-2-1-4-16(17)14-26(22)8-12-34(13-9-26)25-32-23-24(33-25)31-20(15-30-23)35-19-7-11-28-18-6-3-10-29-21(18)19/h1-7,10-11,15,22H,8-9,12-14,27H2,(H,30,31,32,33)/t22-/m1/s1. The zero-order valence-corrected chi connectivity index (χ0v) is 19.9. The van der Waals surface area contributed by atoms with Crippen LogP contribution in [0.15, 0.2) is 71.0 Å². The number of H-pyrrole nitrogens is 1. The monoisotopic (exact) mass is 480 g/mol. The third-order valence-electron chi connectivity index (χ3n) is 7.50. The van der Waals surface area contributed by atoms with E-state index in [4.69, 9.17) is 15.7 Å². The zero-order chi connectivity index (χ0) is 23.4. The molecule has 3 N–H and O–H groups in total. The summed E-state index contributed by atoms with van der Waals surface area (Å²) in [6.45, 7) is 1.83. The van der Waals surface area contributed by atoms with E-state index in [9.17, 15) is 0 Å². The van der Waals surface area contributed by atoms with Crippen molar-refractivity contribution in [1.82, 2.24) is 29.9 Å². The fourth-order valence-electron chi connectivity index (χ4n) is 5.58. The van der Waals surface area contributed by atoms with Gasteiger partial charge in [0, 0.05) is 36.4 Å². The van der Waals surface area contributed by atoms with Gasteiger partial charge in [0.2, 0.25) is 5.95 Å². The van der Waals surface area contributed by atoms with E-state index in [2.05, 4.69) is 49.1 Å². The third kappa shape index (κ3) is 3.45. The van der Waals surface area contributed by atoms with Gasteiger partial charge in [-0.3, -0.25) is 9.97 Å². The van der Waals surface area contributed by atoms with Crippen LogP contribution in [-0.4, -0.2) is 43.0 Å². The average Bonchev–Trinajstić information content (AvgIpc) is 3.44. The molecule has 1 spiro atoms. The molecule has 0 saturated carbocycles. The molecule has 0 bridgehead atoms. The van der Waals surface area contributed by atoms with Crippen LogP contribution in [0.5, 0.6) is 0 Å². The average molecular weight is 481 g/mol. The van der Waals surface area contributed by atoms with Crippen LogP contribution < -0.4 is 10.6 Å². The first-order valence-electron chi connectivity index (χ1n) is 11.9. The maximum absolute atomic E-state index is 6.74. The van der Waals surface area contributed by atoms with Crippen molar-refractivity contribution in [1.29, 1.82) is 0 Å². The number of pyridine rings is 2. The van der Waals surface area contributed by atoms with Crippen molar-refractivity contribution in [3.8, 4) is 0 Å². The fourth-order valence-corrected chi connectivity index (χ4v) is 6.44. The molecule has 0 amide bonds. The van der Waals surface area contributed by atoms with Gasteiger partial charge in [-0.25, -0.2) is 9.97 Å². The molecular formula is C26H24N8S. The van der Waals surface area contributed by atoms with Crippen LogP contribution in [0.3, 0.4) is 0 Å². The molecule has 8 nitrogen and oxygen atoms in total. The number of anilines is 1. The predicted molar refractivity (Wildman–Crippen MR) is 136 cm³/mol. The number of benzene rings is 1. The molecule has 5 heterocycles. The lowest BCUT2D eigenvalue weighted by molar-refractivity contribution is 0.187. The maximum Gasteiger partial charge on any atom is 0.206 e. The Hall–Kier alpha value is -3.56. The van der Waals surface area contributed by atoms with E-state index >= 15 is 0 Å². The number of aromatic nitrogens is 6. The molecule has 174 valence electrons. The van der Waals surface area contributed by atoms with Gasteiger partial charge in [0.15, 0.2) is 11.3 Å². The van der Waals surface area contributed by atoms with E-state index in [1.807, 2.05) is 18.2 Å². The lowest BCUT2D eigenvalue weighted by Crippen LogP contribution is -2.44. The van der Waals surface area contributed by atoms with Crippen LogP contribution >= 0.6 is 11.8 Å². The van der Waals surface area contributed by atoms with Gasteiger partial charge in [0.25, 0.3) is 0 Å². The van der Waals surface area contributed by atoms with Crippen LogP contribution in [0.1, 0.15) is 30.0 Å². The molecule has 4 aromatic heterocycles. The van der Waals surface area contributed by atoms with Gasteiger partial charge in [0.1, 0.15) is 10.5 Å². The molecule has 7 rings (SSSR count). The minimum absolute atomic E-state index is 0.109. The summed E-state index contributed by atoms with van der Waals surface area (Å²) in [6, 6.07) is 14.6. The first kappa shape index (κ1) is 20.8. The second kappa shape index (κ2) is 8.00. The molecule has 0 radical (unpaired) electrons. The minimum atomic E-state index is 0.109. The fraction of sp³-hybridized carbons (Fsp3) is 0.269. The molecule has 9 heteroatoms. The number of nitrogens with zero attached hydrogens (tertiary/aromatic N) is 6. The highest BCUT2D eigenvalue weighted by Gasteiger charge is 2.46. The first-order valence-corrected chi connectivity index (χ1v) is 12.7. The number of nitrogens with one attached hydrogen (secondary N) is 1. The minimum Gasteiger partial charge on any atom is -0.342 e. The number of hydrogen-bond acceptors (Lipinski definition) is 8. The largest absolute Gasteiger partial charge is 0.342 e.